The summed E-state index contributed by atoms with van der Waals surface area (Å²) >= 11 is 0. The minimum absolute atomic E-state index is 0.131. The molecule has 0 unspecified atom stereocenters. The molecule has 4 aromatic rings. The van der Waals surface area contributed by atoms with E-state index in [4.69, 9.17) is 23.6 Å². The molecule has 0 radical (unpaired) electrons. The molecule has 0 fully saturated rings. The van der Waals surface area contributed by atoms with Crippen molar-refractivity contribution in [3.05, 3.63) is 78.2 Å². The molecule has 5 heteroatoms. The lowest BCUT2D eigenvalue weighted by Crippen LogP contribution is -2.05. The summed E-state index contributed by atoms with van der Waals surface area (Å²) < 4.78 is 22.7. The number of rotatable bonds is 6. The molecule has 0 bridgehead atoms. The van der Waals surface area contributed by atoms with E-state index in [0.717, 1.165) is 33.3 Å². The second-order valence-electron chi connectivity index (χ2n) is 7.33. The molecule has 31 heavy (non-hydrogen) atoms. The third-order valence-electron chi connectivity index (χ3n) is 4.78. The second-order valence-corrected chi connectivity index (χ2v) is 7.33. The van der Waals surface area contributed by atoms with Gasteiger partial charge in [0, 0.05) is 17.0 Å². The number of methoxy groups -OCH3 is 2. The van der Waals surface area contributed by atoms with Crippen molar-refractivity contribution in [1.29, 1.82) is 0 Å². The van der Waals surface area contributed by atoms with Crippen LogP contribution in [0.5, 0.6) is 17.2 Å². The lowest BCUT2D eigenvalue weighted by atomic mass is 10.1. The summed E-state index contributed by atoms with van der Waals surface area (Å²) in [5.74, 6) is 2.83. The van der Waals surface area contributed by atoms with Crippen molar-refractivity contribution in [2.75, 3.05) is 14.2 Å². The second kappa shape index (κ2) is 8.96. The van der Waals surface area contributed by atoms with Gasteiger partial charge in [0.05, 0.1) is 31.4 Å². The molecule has 0 aliphatic carbocycles. The standard InChI is InChI=1S/C26H25NO4/c1-17(2)30-20-12-10-19(11-13-20)27-22-16-25(31-23-8-6-5-7-21(22)23)18-9-14-24(28-3)26(15-18)29-4/h5-17H,1-4H3. The largest absolute Gasteiger partial charge is 0.493 e. The fourth-order valence-electron chi connectivity index (χ4n) is 3.35. The molecular formula is C26H25NO4. The van der Waals surface area contributed by atoms with E-state index >= 15 is 0 Å². The molecule has 0 spiro atoms. The van der Waals surface area contributed by atoms with Crippen LogP contribution in [0.4, 0.5) is 5.69 Å². The maximum atomic E-state index is 6.19. The molecule has 0 atom stereocenters. The summed E-state index contributed by atoms with van der Waals surface area (Å²) in [4.78, 5) is 4.88. The van der Waals surface area contributed by atoms with Crippen LogP contribution in [-0.2, 0) is 0 Å². The summed E-state index contributed by atoms with van der Waals surface area (Å²) in [7, 11) is 3.24. The van der Waals surface area contributed by atoms with E-state index < -0.39 is 0 Å². The Hall–Kier alpha value is -3.73. The average molecular weight is 415 g/mol. The highest BCUT2D eigenvalue weighted by molar-refractivity contribution is 5.79. The molecular weight excluding hydrogens is 390 g/mol. The zero-order valence-electron chi connectivity index (χ0n) is 18.1. The smallest absolute Gasteiger partial charge is 0.161 e. The quantitative estimate of drug-likeness (QED) is 0.380. The van der Waals surface area contributed by atoms with Crippen LogP contribution in [0.15, 0.2) is 82.2 Å². The summed E-state index contributed by atoms with van der Waals surface area (Å²) in [6.45, 7) is 4.02. The Kier molecular flexibility index (Phi) is 5.94. The third kappa shape index (κ3) is 4.56. The van der Waals surface area contributed by atoms with Crippen LogP contribution in [0.3, 0.4) is 0 Å². The fourth-order valence-corrected chi connectivity index (χ4v) is 3.35. The minimum atomic E-state index is 0.131. The summed E-state index contributed by atoms with van der Waals surface area (Å²) in [6.07, 6.45) is 0.131. The number of nitrogens with zero attached hydrogens (tertiary/aromatic N) is 1. The van der Waals surface area contributed by atoms with Crippen LogP contribution in [0.1, 0.15) is 13.8 Å². The molecule has 0 aliphatic rings. The Bertz CT molecular complexity index is 1260. The van der Waals surface area contributed by atoms with Gasteiger partial charge in [-0.05, 0) is 68.4 Å². The minimum Gasteiger partial charge on any atom is -0.493 e. The first-order chi connectivity index (χ1) is 15.1. The summed E-state index contributed by atoms with van der Waals surface area (Å²) in [5, 5.41) is 1.76. The van der Waals surface area contributed by atoms with E-state index in [2.05, 4.69) is 0 Å². The van der Waals surface area contributed by atoms with E-state index in [-0.39, 0.29) is 6.10 Å². The summed E-state index contributed by atoms with van der Waals surface area (Å²) in [5.41, 5.74) is 2.47. The van der Waals surface area contributed by atoms with Gasteiger partial charge < -0.3 is 18.6 Å². The van der Waals surface area contributed by atoms with E-state index in [0.29, 0.717) is 17.3 Å². The first-order valence-corrected chi connectivity index (χ1v) is 10.1. The van der Waals surface area contributed by atoms with Crippen molar-refractivity contribution in [3.63, 3.8) is 0 Å². The molecule has 1 heterocycles. The zero-order valence-corrected chi connectivity index (χ0v) is 18.1. The first kappa shape index (κ1) is 20.5. The highest BCUT2D eigenvalue weighted by Gasteiger charge is 2.10. The average Bonchev–Trinajstić information content (AvgIpc) is 2.79. The maximum absolute atomic E-state index is 6.19. The van der Waals surface area contributed by atoms with E-state index in [1.54, 1.807) is 14.2 Å². The van der Waals surface area contributed by atoms with Crippen LogP contribution in [0.2, 0.25) is 0 Å². The van der Waals surface area contributed by atoms with Crippen LogP contribution in [-0.4, -0.2) is 20.3 Å². The van der Waals surface area contributed by atoms with Crippen LogP contribution in [0.25, 0.3) is 22.3 Å². The van der Waals surface area contributed by atoms with Crippen LogP contribution < -0.4 is 19.6 Å². The summed E-state index contributed by atoms with van der Waals surface area (Å²) in [6, 6.07) is 23.3. The molecule has 0 N–H and O–H groups in total. The number of benzene rings is 3. The number of ether oxygens (including phenoxy) is 3. The van der Waals surface area contributed by atoms with Gasteiger partial charge in [-0.1, -0.05) is 12.1 Å². The molecule has 4 rings (SSSR count). The van der Waals surface area contributed by atoms with Gasteiger partial charge in [0.25, 0.3) is 0 Å². The zero-order chi connectivity index (χ0) is 21.8. The Balaban J connectivity index is 1.83. The van der Waals surface area contributed by atoms with Gasteiger partial charge >= 0.3 is 0 Å². The van der Waals surface area contributed by atoms with Crippen molar-refractivity contribution in [2.24, 2.45) is 4.99 Å². The number of hydrogen-bond donors (Lipinski definition) is 0. The van der Waals surface area contributed by atoms with Gasteiger partial charge in [0.1, 0.15) is 17.1 Å². The highest BCUT2D eigenvalue weighted by atomic mass is 16.5. The topological polar surface area (TPSA) is 53.2 Å². The van der Waals surface area contributed by atoms with Crippen LogP contribution in [0, 0.1) is 0 Å². The molecule has 3 aromatic carbocycles. The van der Waals surface area contributed by atoms with Gasteiger partial charge in [0.2, 0.25) is 0 Å². The first-order valence-electron chi connectivity index (χ1n) is 10.1. The normalized spacial score (nSPS) is 11.7. The Morgan fingerprint density at radius 1 is 0.806 bits per heavy atom. The van der Waals surface area contributed by atoms with Crippen molar-refractivity contribution >= 4 is 16.7 Å². The number of hydrogen-bond acceptors (Lipinski definition) is 5. The Morgan fingerprint density at radius 3 is 2.26 bits per heavy atom. The lowest BCUT2D eigenvalue weighted by molar-refractivity contribution is 0.242. The predicted octanol–water partition coefficient (Wildman–Crippen LogP) is 6.14. The monoisotopic (exact) mass is 415 g/mol. The molecule has 0 amide bonds. The molecule has 0 aliphatic heterocycles. The SMILES string of the molecule is COc1ccc(-c2cc(=Nc3ccc(OC(C)C)cc3)c3ccccc3o2)cc1OC. The predicted molar refractivity (Wildman–Crippen MR) is 122 cm³/mol. The van der Waals surface area contributed by atoms with Gasteiger partial charge in [0.15, 0.2) is 11.5 Å². The highest BCUT2D eigenvalue weighted by Crippen LogP contribution is 2.32. The molecule has 1 aromatic heterocycles. The molecule has 0 saturated heterocycles. The lowest BCUT2D eigenvalue weighted by Gasteiger charge is -2.10. The van der Waals surface area contributed by atoms with Crippen molar-refractivity contribution in [1.82, 2.24) is 0 Å². The van der Waals surface area contributed by atoms with E-state index in [1.165, 1.54) is 0 Å². The van der Waals surface area contributed by atoms with Gasteiger partial charge in [-0.3, -0.25) is 0 Å². The maximum Gasteiger partial charge on any atom is 0.161 e. The van der Waals surface area contributed by atoms with Crippen molar-refractivity contribution in [2.45, 2.75) is 20.0 Å². The molecule has 5 nitrogen and oxygen atoms in total. The molecule has 158 valence electrons. The van der Waals surface area contributed by atoms with Gasteiger partial charge in [-0.25, -0.2) is 4.99 Å². The van der Waals surface area contributed by atoms with Crippen LogP contribution >= 0.6 is 0 Å². The fraction of sp³-hybridized carbons (Fsp3) is 0.192. The third-order valence-corrected chi connectivity index (χ3v) is 4.78. The molecule has 0 saturated carbocycles. The Labute approximate surface area is 181 Å². The van der Waals surface area contributed by atoms with Gasteiger partial charge in [-0.2, -0.15) is 0 Å². The van der Waals surface area contributed by atoms with E-state index in [1.807, 2.05) is 86.6 Å². The Morgan fingerprint density at radius 2 is 1.55 bits per heavy atom. The number of para-hydroxylation sites is 1. The van der Waals surface area contributed by atoms with Crippen molar-refractivity contribution < 1.29 is 18.6 Å². The van der Waals surface area contributed by atoms with Crippen molar-refractivity contribution in [3.8, 4) is 28.6 Å². The van der Waals surface area contributed by atoms with E-state index in [9.17, 15) is 0 Å². The number of fused-ring (bicyclic) bond motifs is 1. The van der Waals surface area contributed by atoms with Gasteiger partial charge in [-0.15, -0.1) is 0 Å².